The minimum Gasteiger partial charge on any atom is -0.497 e. The number of pyridine rings is 1. The van der Waals surface area contributed by atoms with Gasteiger partial charge in [-0.3, -0.25) is 4.98 Å². The lowest BCUT2D eigenvalue weighted by atomic mass is 9.84. The molecule has 1 fully saturated rings. The van der Waals surface area contributed by atoms with Crippen molar-refractivity contribution in [2.24, 2.45) is 0 Å². The van der Waals surface area contributed by atoms with E-state index in [0.717, 1.165) is 61.3 Å². The van der Waals surface area contributed by atoms with Crippen LogP contribution in [-0.4, -0.2) is 41.7 Å². The maximum Gasteiger partial charge on any atom is 0.119 e. The van der Waals surface area contributed by atoms with E-state index in [1.807, 2.05) is 24.4 Å². The lowest BCUT2D eigenvalue weighted by Crippen LogP contribution is -2.42. The molecule has 3 aromatic rings. The molecule has 32 heavy (non-hydrogen) atoms. The Morgan fingerprint density at radius 2 is 1.81 bits per heavy atom. The van der Waals surface area contributed by atoms with Gasteiger partial charge >= 0.3 is 0 Å². The highest BCUT2D eigenvalue weighted by atomic mass is 16.5. The molecule has 2 heterocycles. The number of ether oxygens (including phenoxy) is 1. The summed E-state index contributed by atoms with van der Waals surface area (Å²) in [6.07, 6.45) is 8.48. The van der Waals surface area contributed by atoms with E-state index in [2.05, 4.69) is 65.3 Å². The first kappa shape index (κ1) is 22.3. The molecule has 1 N–H and O–H groups in total. The first-order valence-electron chi connectivity index (χ1n) is 11.3. The van der Waals surface area contributed by atoms with Gasteiger partial charge in [-0.2, -0.15) is 0 Å². The van der Waals surface area contributed by atoms with Crippen molar-refractivity contribution < 1.29 is 9.84 Å². The van der Waals surface area contributed by atoms with Crippen LogP contribution in [0.5, 0.6) is 5.75 Å². The van der Waals surface area contributed by atoms with Gasteiger partial charge in [0.1, 0.15) is 5.75 Å². The van der Waals surface area contributed by atoms with Gasteiger partial charge in [-0.15, -0.1) is 0 Å². The fourth-order valence-corrected chi connectivity index (χ4v) is 4.41. The number of nitrogens with zero attached hydrogens (tertiary/aromatic N) is 2. The van der Waals surface area contributed by atoms with E-state index in [4.69, 9.17) is 4.74 Å². The van der Waals surface area contributed by atoms with Crippen molar-refractivity contribution in [3.8, 4) is 5.75 Å². The molecule has 0 radical (unpaired) electrons. The van der Waals surface area contributed by atoms with Crippen molar-refractivity contribution in [2.75, 3.05) is 26.7 Å². The van der Waals surface area contributed by atoms with E-state index in [0.29, 0.717) is 0 Å². The van der Waals surface area contributed by atoms with Crippen LogP contribution in [0.3, 0.4) is 0 Å². The predicted molar refractivity (Wildman–Crippen MR) is 130 cm³/mol. The minimum atomic E-state index is -0.707. The summed E-state index contributed by atoms with van der Waals surface area (Å²) >= 11 is 0. The zero-order valence-electron chi connectivity index (χ0n) is 19.0. The Morgan fingerprint density at radius 1 is 1.06 bits per heavy atom. The highest BCUT2D eigenvalue weighted by molar-refractivity contribution is 5.79. The van der Waals surface area contributed by atoms with Crippen molar-refractivity contribution in [3.63, 3.8) is 0 Å². The lowest BCUT2D eigenvalue weighted by molar-refractivity contribution is -0.0254. The number of piperidine rings is 1. The maximum atomic E-state index is 11.2. The number of benzene rings is 2. The molecule has 0 bridgehead atoms. The number of likely N-dealkylation sites (tertiary alicyclic amines) is 1. The SMILES string of the molecule is COc1cccc(/C(=C/CCN2CCC(O)(c3ccc(C)cc3)CC2)c2cccnc2)c1. The van der Waals surface area contributed by atoms with Crippen molar-refractivity contribution in [2.45, 2.75) is 31.8 Å². The molecule has 4 heteroatoms. The normalized spacial score (nSPS) is 16.7. The Bertz CT molecular complexity index is 1040. The van der Waals surface area contributed by atoms with Crippen LogP contribution >= 0.6 is 0 Å². The van der Waals surface area contributed by atoms with E-state index < -0.39 is 5.60 Å². The average Bonchev–Trinajstić information content (AvgIpc) is 2.84. The summed E-state index contributed by atoms with van der Waals surface area (Å²) in [5, 5.41) is 11.2. The van der Waals surface area contributed by atoms with Crippen molar-refractivity contribution >= 4 is 5.57 Å². The Hall–Kier alpha value is -2.95. The number of methoxy groups -OCH3 is 1. The summed E-state index contributed by atoms with van der Waals surface area (Å²) in [6.45, 7) is 4.85. The molecule has 1 saturated heterocycles. The Morgan fingerprint density at radius 3 is 2.50 bits per heavy atom. The van der Waals surface area contributed by atoms with E-state index in [1.165, 1.54) is 11.1 Å². The summed E-state index contributed by atoms with van der Waals surface area (Å²) < 4.78 is 5.43. The number of hydrogen-bond donors (Lipinski definition) is 1. The van der Waals surface area contributed by atoms with Crippen LogP contribution < -0.4 is 4.74 Å². The van der Waals surface area contributed by atoms with Gasteiger partial charge in [-0.1, -0.05) is 54.1 Å². The van der Waals surface area contributed by atoms with Gasteiger partial charge in [-0.05, 0) is 61.1 Å². The van der Waals surface area contributed by atoms with Crippen molar-refractivity contribution in [3.05, 3.63) is 101 Å². The monoisotopic (exact) mass is 428 g/mol. The van der Waals surface area contributed by atoms with E-state index in [9.17, 15) is 5.11 Å². The van der Waals surface area contributed by atoms with Crippen LogP contribution in [0.25, 0.3) is 5.57 Å². The van der Waals surface area contributed by atoms with E-state index >= 15 is 0 Å². The average molecular weight is 429 g/mol. The van der Waals surface area contributed by atoms with Gasteiger partial charge in [0.05, 0.1) is 12.7 Å². The minimum absolute atomic E-state index is 0.707. The van der Waals surface area contributed by atoms with Crippen LogP contribution in [0.4, 0.5) is 0 Å². The number of aryl methyl sites for hydroxylation is 1. The summed E-state index contributed by atoms with van der Waals surface area (Å²) in [7, 11) is 1.70. The summed E-state index contributed by atoms with van der Waals surface area (Å²) in [5.74, 6) is 0.851. The van der Waals surface area contributed by atoms with E-state index in [-0.39, 0.29) is 0 Å². The number of aliphatic hydroxyl groups is 1. The number of hydrogen-bond acceptors (Lipinski definition) is 4. The second-order valence-corrected chi connectivity index (χ2v) is 8.62. The third kappa shape index (κ3) is 5.26. The quantitative estimate of drug-likeness (QED) is 0.562. The second kappa shape index (κ2) is 10.1. The van der Waals surface area contributed by atoms with Crippen LogP contribution in [-0.2, 0) is 5.60 Å². The Labute approximate surface area is 191 Å². The molecule has 1 aliphatic rings. The zero-order chi connectivity index (χ0) is 22.4. The van der Waals surface area contributed by atoms with E-state index in [1.54, 1.807) is 13.3 Å². The number of rotatable bonds is 7. The van der Waals surface area contributed by atoms with Gasteiger partial charge in [0.25, 0.3) is 0 Å². The van der Waals surface area contributed by atoms with Crippen LogP contribution in [0.2, 0.25) is 0 Å². The van der Waals surface area contributed by atoms with Gasteiger partial charge in [0.15, 0.2) is 0 Å². The molecular weight excluding hydrogens is 396 g/mol. The first-order chi connectivity index (χ1) is 15.6. The second-order valence-electron chi connectivity index (χ2n) is 8.62. The highest BCUT2D eigenvalue weighted by Crippen LogP contribution is 2.33. The van der Waals surface area contributed by atoms with Gasteiger partial charge < -0.3 is 14.7 Å². The third-order valence-electron chi connectivity index (χ3n) is 6.42. The van der Waals surface area contributed by atoms with Gasteiger partial charge in [0.2, 0.25) is 0 Å². The molecule has 1 aliphatic heterocycles. The van der Waals surface area contributed by atoms with Crippen LogP contribution in [0.1, 0.15) is 41.5 Å². The molecule has 0 spiro atoms. The molecule has 0 unspecified atom stereocenters. The Kier molecular flexibility index (Phi) is 7.03. The fourth-order valence-electron chi connectivity index (χ4n) is 4.41. The summed E-state index contributed by atoms with van der Waals surface area (Å²) in [5.41, 5.74) is 4.96. The molecule has 0 amide bonds. The fraction of sp³-hybridized carbons (Fsp3) is 0.321. The summed E-state index contributed by atoms with van der Waals surface area (Å²) in [4.78, 5) is 6.76. The van der Waals surface area contributed by atoms with Crippen LogP contribution in [0, 0.1) is 6.92 Å². The van der Waals surface area contributed by atoms with Crippen LogP contribution in [0.15, 0.2) is 79.1 Å². The predicted octanol–water partition coefficient (Wildman–Crippen LogP) is 5.20. The maximum absolute atomic E-state index is 11.2. The largest absolute Gasteiger partial charge is 0.497 e. The first-order valence-corrected chi connectivity index (χ1v) is 11.3. The molecule has 1 aromatic heterocycles. The molecule has 4 nitrogen and oxygen atoms in total. The smallest absolute Gasteiger partial charge is 0.119 e. The van der Waals surface area contributed by atoms with Crippen molar-refractivity contribution in [1.82, 2.24) is 9.88 Å². The molecule has 166 valence electrons. The molecular formula is C28H32N2O2. The molecule has 0 saturated carbocycles. The third-order valence-corrected chi connectivity index (χ3v) is 6.42. The Balaban J connectivity index is 1.42. The molecule has 2 aromatic carbocycles. The lowest BCUT2D eigenvalue weighted by Gasteiger charge is -2.38. The van der Waals surface area contributed by atoms with Gasteiger partial charge in [0, 0.05) is 37.6 Å². The molecule has 0 aliphatic carbocycles. The topological polar surface area (TPSA) is 45.6 Å². The molecule has 4 rings (SSSR count). The highest BCUT2D eigenvalue weighted by Gasteiger charge is 2.33. The summed E-state index contributed by atoms with van der Waals surface area (Å²) in [6, 6.07) is 20.6. The van der Waals surface area contributed by atoms with Crippen molar-refractivity contribution in [1.29, 1.82) is 0 Å². The number of aromatic nitrogens is 1. The molecule has 0 atom stereocenters. The standard InChI is InChI=1S/C28H32N2O2/c1-22-10-12-25(13-11-22)28(31)14-18-30(19-15-28)17-5-9-27(24-7-4-16-29-21-24)23-6-3-8-26(20-23)32-2/h3-4,6-13,16,20-21,31H,5,14-15,17-19H2,1-2H3/b27-9-. The van der Waals surface area contributed by atoms with Gasteiger partial charge in [-0.25, -0.2) is 0 Å². The zero-order valence-corrected chi connectivity index (χ0v) is 19.0.